The molecule has 0 unspecified atom stereocenters. The van der Waals surface area contributed by atoms with Crippen LogP contribution in [0, 0.1) is 10.1 Å². The zero-order valence-electron chi connectivity index (χ0n) is 9.56. The van der Waals surface area contributed by atoms with Crippen LogP contribution in [0.15, 0.2) is 18.2 Å². The lowest BCUT2D eigenvalue weighted by Gasteiger charge is -2.14. The SMILES string of the molecule is CCOc1cc(NN(C)C)ccc1[N+](=O)[O-]. The average Bonchev–Trinajstić information content (AvgIpc) is 2.17. The number of hydrazine groups is 1. The van der Waals surface area contributed by atoms with Gasteiger partial charge in [-0.2, -0.15) is 0 Å². The van der Waals surface area contributed by atoms with Crippen molar-refractivity contribution < 1.29 is 9.66 Å². The summed E-state index contributed by atoms with van der Waals surface area (Å²) in [5, 5.41) is 12.5. The molecule has 0 bridgehead atoms. The highest BCUT2D eigenvalue weighted by Gasteiger charge is 2.15. The first-order chi connectivity index (χ1) is 7.54. The lowest BCUT2D eigenvalue weighted by molar-refractivity contribution is -0.385. The van der Waals surface area contributed by atoms with Crippen LogP contribution < -0.4 is 10.2 Å². The van der Waals surface area contributed by atoms with Gasteiger partial charge in [-0.25, -0.2) is 5.01 Å². The third-order valence-electron chi connectivity index (χ3n) is 1.81. The maximum absolute atomic E-state index is 10.7. The van der Waals surface area contributed by atoms with Crippen LogP contribution in [0.4, 0.5) is 11.4 Å². The van der Waals surface area contributed by atoms with Crippen molar-refractivity contribution >= 4 is 11.4 Å². The second-order valence-electron chi connectivity index (χ2n) is 3.38. The fourth-order valence-corrected chi connectivity index (χ4v) is 1.26. The molecule has 1 aromatic carbocycles. The summed E-state index contributed by atoms with van der Waals surface area (Å²) < 4.78 is 5.22. The predicted molar refractivity (Wildman–Crippen MR) is 61.6 cm³/mol. The molecule has 0 saturated heterocycles. The number of benzene rings is 1. The molecule has 0 aromatic heterocycles. The number of rotatable bonds is 5. The van der Waals surface area contributed by atoms with Gasteiger partial charge in [-0.1, -0.05) is 0 Å². The molecule has 6 nitrogen and oxygen atoms in total. The maximum Gasteiger partial charge on any atom is 0.311 e. The summed E-state index contributed by atoms with van der Waals surface area (Å²) in [4.78, 5) is 10.3. The average molecular weight is 225 g/mol. The first-order valence-corrected chi connectivity index (χ1v) is 4.89. The van der Waals surface area contributed by atoms with Crippen LogP contribution in [0.3, 0.4) is 0 Å². The van der Waals surface area contributed by atoms with Gasteiger partial charge in [0.1, 0.15) is 0 Å². The number of nitrogens with zero attached hydrogens (tertiary/aromatic N) is 2. The van der Waals surface area contributed by atoms with Crippen LogP contribution in [-0.2, 0) is 0 Å². The molecular formula is C10H15N3O3. The fourth-order valence-electron chi connectivity index (χ4n) is 1.26. The maximum atomic E-state index is 10.7. The van der Waals surface area contributed by atoms with Crippen LogP contribution in [0.5, 0.6) is 5.75 Å². The first kappa shape index (κ1) is 12.3. The Bertz CT molecular complexity index is 380. The topological polar surface area (TPSA) is 67.6 Å². The smallest absolute Gasteiger partial charge is 0.311 e. The molecule has 0 heterocycles. The molecular weight excluding hydrogens is 210 g/mol. The molecule has 0 saturated carbocycles. The van der Waals surface area contributed by atoms with Crippen molar-refractivity contribution in [2.24, 2.45) is 0 Å². The Kier molecular flexibility index (Phi) is 4.07. The van der Waals surface area contributed by atoms with Gasteiger partial charge in [0, 0.05) is 26.2 Å². The van der Waals surface area contributed by atoms with Crippen molar-refractivity contribution in [2.75, 3.05) is 26.1 Å². The summed E-state index contributed by atoms with van der Waals surface area (Å²) >= 11 is 0. The second kappa shape index (κ2) is 5.32. The Hall–Kier alpha value is -1.82. The number of ether oxygens (including phenoxy) is 1. The summed E-state index contributed by atoms with van der Waals surface area (Å²) in [5.74, 6) is 0.277. The van der Waals surface area contributed by atoms with E-state index in [9.17, 15) is 10.1 Å². The Labute approximate surface area is 93.9 Å². The van der Waals surface area contributed by atoms with E-state index in [2.05, 4.69) is 5.43 Å². The summed E-state index contributed by atoms with van der Waals surface area (Å²) in [6.07, 6.45) is 0. The van der Waals surface area contributed by atoms with Crippen molar-refractivity contribution in [3.8, 4) is 5.75 Å². The lowest BCUT2D eigenvalue weighted by Crippen LogP contribution is -2.19. The molecule has 1 N–H and O–H groups in total. The predicted octanol–water partition coefficient (Wildman–Crippen LogP) is 1.88. The van der Waals surface area contributed by atoms with E-state index in [0.29, 0.717) is 6.61 Å². The molecule has 0 spiro atoms. The molecule has 16 heavy (non-hydrogen) atoms. The highest BCUT2D eigenvalue weighted by atomic mass is 16.6. The zero-order valence-corrected chi connectivity index (χ0v) is 9.56. The van der Waals surface area contributed by atoms with Crippen molar-refractivity contribution in [2.45, 2.75) is 6.92 Å². The van der Waals surface area contributed by atoms with E-state index < -0.39 is 4.92 Å². The highest BCUT2D eigenvalue weighted by molar-refractivity contribution is 5.57. The van der Waals surface area contributed by atoms with Crippen LogP contribution in [0.1, 0.15) is 6.92 Å². The van der Waals surface area contributed by atoms with Gasteiger partial charge in [-0.15, -0.1) is 0 Å². The molecule has 0 fully saturated rings. The number of anilines is 1. The minimum absolute atomic E-state index is 0.0221. The summed E-state index contributed by atoms with van der Waals surface area (Å²) in [6, 6.07) is 4.68. The Morgan fingerprint density at radius 3 is 2.69 bits per heavy atom. The number of nitro groups is 1. The molecule has 88 valence electrons. The van der Waals surface area contributed by atoms with Crippen LogP contribution in [0.25, 0.3) is 0 Å². The van der Waals surface area contributed by atoms with Gasteiger partial charge < -0.3 is 10.2 Å². The summed E-state index contributed by atoms with van der Waals surface area (Å²) in [5.41, 5.74) is 3.73. The minimum atomic E-state index is -0.454. The van der Waals surface area contributed by atoms with Crippen LogP contribution in [0.2, 0.25) is 0 Å². The van der Waals surface area contributed by atoms with Gasteiger partial charge in [0.25, 0.3) is 0 Å². The van der Waals surface area contributed by atoms with E-state index in [1.54, 1.807) is 24.1 Å². The standard InChI is InChI=1S/C10H15N3O3/c1-4-16-10-7-8(11-12(2)3)5-6-9(10)13(14)15/h5-7,11H,4H2,1-3H3. The van der Waals surface area contributed by atoms with E-state index in [0.717, 1.165) is 5.69 Å². The highest BCUT2D eigenvalue weighted by Crippen LogP contribution is 2.30. The Morgan fingerprint density at radius 1 is 1.50 bits per heavy atom. The first-order valence-electron chi connectivity index (χ1n) is 4.89. The molecule has 0 radical (unpaired) electrons. The summed E-state index contributed by atoms with van der Waals surface area (Å²) in [6.45, 7) is 2.18. The van der Waals surface area contributed by atoms with Gasteiger partial charge in [0.15, 0.2) is 5.75 Å². The van der Waals surface area contributed by atoms with E-state index in [4.69, 9.17) is 4.74 Å². The fraction of sp³-hybridized carbons (Fsp3) is 0.400. The minimum Gasteiger partial charge on any atom is -0.487 e. The number of hydrogen-bond donors (Lipinski definition) is 1. The van der Waals surface area contributed by atoms with Gasteiger partial charge in [0.05, 0.1) is 17.2 Å². The van der Waals surface area contributed by atoms with Gasteiger partial charge in [0.2, 0.25) is 0 Å². The van der Waals surface area contributed by atoms with E-state index >= 15 is 0 Å². The number of nitro benzene ring substituents is 1. The van der Waals surface area contributed by atoms with Gasteiger partial charge in [-0.3, -0.25) is 10.1 Å². The van der Waals surface area contributed by atoms with Crippen molar-refractivity contribution in [1.29, 1.82) is 0 Å². The molecule has 0 aliphatic rings. The molecule has 0 amide bonds. The summed E-state index contributed by atoms with van der Waals surface area (Å²) in [7, 11) is 3.67. The quantitative estimate of drug-likeness (QED) is 0.612. The third-order valence-corrected chi connectivity index (χ3v) is 1.81. The van der Waals surface area contributed by atoms with E-state index in [1.807, 2.05) is 14.1 Å². The third kappa shape index (κ3) is 3.09. The van der Waals surface area contributed by atoms with Crippen molar-refractivity contribution in [3.05, 3.63) is 28.3 Å². The molecule has 0 aliphatic carbocycles. The second-order valence-corrected chi connectivity index (χ2v) is 3.38. The van der Waals surface area contributed by atoms with E-state index in [-0.39, 0.29) is 11.4 Å². The molecule has 1 aromatic rings. The normalized spacial score (nSPS) is 10.2. The number of nitrogens with one attached hydrogen (secondary N) is 1. The van der Waals surface area contributed by atoms with Crippen LogP contribution >= 0.6 is 0 Å². The lowest BCUT2D eigenvalue weighted by atomic mass is 10.2. The largest absolute Gasteiger partial charge is 0.487 e. The molecule has 0 atom stereocenters. The Balaban J connectivity index is 3.02. The molecule has 1 rings (SSSR count). The molecule has 6 heteroatoms. The number of hydrogen-bond acceptors (Lipinski definition) is 5. The van der Waals surface area contributed by atoms with E-state index in [1.165, 1.54) is 6.07 Å². The van der Waals surface area contributed by atoms with Gasteiger partial charge >= 0.3 is 5.69 Å². The van der Waals surface area contributed by atoms with Gasteiger partial charge in [-0.05, 0) is 13.0 Å². The van der Waals surface area contributed by atoms with Crippen molar-refractivity contribution in [1.82, 2.24) is 5.01 Å². The monoisotopic (exact) mass is 225 g/mol. The zero-order chi connectivity index (χ0) is 12.1. The van der Waals surface area contributed by atoms with Crippen molar-refractivity contribution in [3.63, 3.8) is 0 Å². The molecule has 0 aliphatic heterocycles. The Morgan fingerprint density at radius 2 is 2.19 bits per heavy atom. The van der Waals surface area contributed by atoms with Crippen LogP contribution in [-0.4, -0.2) is 30.6 Å².